The molecular formula is C14H13NO. The van der Waals surface area contributed by atoms with Gasteiger partial charge in [0.1, 0.15) is 0 Å². The lowest BCUT2D eigenvalue weighted by molar-refractivity contribution is 0.104. The van der Waals surface area contributed by atoms with Gasteiger partial charge in [0, 0.05) is 17.1 Å². The Labute approximate surface area is 94.6 Å². The first-order chi connectivity index (χ1) is 7.68. The van der Waals surface area contributed by atoms with Gasteiger partial charge in [-0.1, -0.05) is 23.8 Å². The number of benzene rings is 1. The molecule has 0 spiro atoms. The van der Waals surface area contributed by atoms with Crippen molar-refractivity contribution < 1.29 is 4.79 Å². The van der Waals surface area contributed by atoms with Crippen molar-refractivity contribution in [3.8, 4) is 0 Å². The molecule has 2 rings (SSSR count). The summed E-state index contributed by atoms with van der Waals surface area (Å²) in [6.07, 6.45) is 3.39. The summed E-state index contributed by atoms with van der Waals surface area (Å²) in [6, 6.07) is 9.39. The number of nitrogens with zero attached hydrogens (tertiary/aromatic N) is 1. The molecule has 80 valence electrons. The molecule has 2 aromatic rings. The predicted octanol–water partition coefficient (Wildman–Crippen LogP) is 3.38. The lowest BCUT2D eigenvalue weighted by Gasteiger charge is -2.02. The van der Waals surface area contributed by atoms with Gasteiger partial charge in [-0.15, -0.1) is 0 Å². The average Bonchev–Trinajstić information content (AvgIpc) is 2.27. The van der Waals surface area contributed by atoms with E-state index >= 15 is 0 Å². The van der Waals surface area contributed by atoms with Crippen LogP contribution in [-0.2, 0) is 0 Å². The Morgan fingerprint density at radius 1 is 1.19 bits per heavy atom. The highest BCUT2D eigenvalue weighted by Crippen LogP contribution is 2.17. The van der Waals surface area contributed by atoms with Crippen molar-refractivity contribution in [3.05, 3.63) is 53.7 Å². The molecule has 0 unspecified atom stereocenters. The number of allylic oxidation sites excluding steroid dienone is 2. The highest BCUT2D eigenvalue weighted by atomic mass is 16.1. The minimum Gasteiger partial charge on any atom is -0.289 e. The Morgan fingerprint density at radius 3 is 2.75 bits per heavy atom. The molecule has 1 aromatic heterocycles. The number of ketones is 1. The molecule has 0 radical (unpaired) electrons. The molecule has 0 atom stereocenters. The van der Waals surface area contributed by atoms with Crippen molar-refractivity contribution in [2.45, 2.75) is 13.8 Å². The summed E-state index contributed by atoms with van der Waals surface area (Å²) in [5.74, 6) is 0.0404. The van der Waals surface area contributed by atoms with E-state index < -0.39 is 0 Å². The molecule has 2 nitrogen and oxygen atoms in total. The summed E-state index contributed by atoms with van der Waals surface area (Å²) < 4.78 is 0. The van der Waals surface area contributed by atoms with Gasteiger partial charge in [-0.2, -0.15) is 0 Å². The highest BCUT2D eigenvalue weighted by Gasteiger charge is 2.07. The zero-order chi connectivity index (χ0) is 11.5. The van der Waals surface area contributed by atoms with Crippen LogP contribution in [0.3, 0.4) is 0 Å². The van der Waals surface area contributed by atoms with E-state index in [1.807, 2.05) is 44.2 Å². The third kappa shape index (κ3) is 2.01. The van der Waals surface area contributed by atoms with E-state index in [1.54, 1.807) is 12.3 Å². The fraction of sp³-hybridized carbons (Fsp3) is 0.143. The molecule has 0 bridgehead atoms. The Morgan fingerprint density at radius 2 is 2.00 bits per heavy atom. The number of rotatable bonds is 2. The number of fused-ring (bicyclic) bond motifs is 1. The fourth-order valence-electron chi connectivity index (χ4n) is 1.66. The van der Waals surface area contributed by atoms with E-state index in [0.29, 0.717) is 5.56 Å². The van der Waals surface area contributed by atoms with Crippen LogP contribution in [0.15, 0.2) is 48.2 Å². The van der Waals surface area contributed by atoms with Gasteiger partial charge in [0.2, 0.25) is 0 Å². The first kappa shape index (κ1) is 10.6. The maximum Gasteiger partial charge on any atom is 0.186 e. The lowest BCUT2D eigenvalue weighted by atomic mass is 10.0. The number of carbonyl (C=O) groups excluding carboxylic acids is 1. The summed E-state index contributed by atoms with van der Waals surface area (Å²) >= 11 is 0. The molecule has 2 heteroatoms. The van der Waals surface area contributed by atoms with E-state index in [0.717, 1.165) is 16.5 Å². The molecule has 0 fully saturated rings. The van der Waals surface area contributed by atoms with E-state index in [2.05, 4.69) is 4.98 Å². The second kappa shape index (κ2) is 4.27. The second-order valence-electron chi connectivity index (χ2n) is 3.96. The molecule has 0 aliphatic heterocycles. The monoisotopic (exact) mass is 211 g/mol. The minimum atomic E-state index is 0.0404. The van der Waals surface area contributed by atoms with Crippen LogP contribution in [0.4, 0.5) is 0 Å². The van der Waals surface area contributed by atoms with E-state index in [1.165, 1.54) is 0 Å². The van der Waals surface area contributed by atoms with Gasteiger partial charge in [0.15, 0.2) is 5.78 Å². The number of aromatic nitrogens is 1. The quantitative estimate of drug-likeness (QED) is 0.563. The number of hydrogen-bond acceptors (Lipinski definition) is 2. The molecule has 0 aliphatic rings. The molecular weight excluding hydrogens is 198 g/mol. The van der Waals surface area contributed by atoms with E-state index in [4.69, 9.17) is 0 Å². The SMILES string of the molecule is CC(C)=CC(=O)c1cccc2ncccc12. The van der Waals surface area contributed by atoms with Crippen LogP contribution < -0.4 is 0 Å². The Hall–Kier alpha value is -1.96. The number of pyridine rings is 1. The van der Waals surface area contributed by atoms with Gasteiger partial charge in [0.05, 0.1) is 5.52 Å². The van der Waals surface area contributed by atoms with E-state index in [9.17, 15) is 4.79 Å². The molecule has 1 heterocycles. The van der Waals surface area contributed by atoms with Crippen LogP contribution in [0.2, 0.25) is 0 Å². The molecule has 0 saturated carbocycles. The summed E-state index contributed by atoms with van der Waals surface area (Å²) in [5, 5.41) is 0.910. The van der Waals surface area contributed by atoms with Crippen LogP contribution >= 0.6 is 0 Å². The van der Waals surface area contributed by atoms with Crippen LogP contribution in [0.5, 0.6) is 0 Å². The first-order valence-electron chi connectivity index (χ1n) is 5.21. The molecule has 0 saturated heterocycles. The lowest BCUT2D eigenvalue weighted by Crippen LogP contribution is -1.96. The Balaban J connectivity index is 2.61. The third-order valence-electron chi connectivity index (χ3n) is 2.33. The number of hydrogen-bond donors (Lipinski definition) is 0. The van der Waals surface area contributed by atoms with Crippen LogP contribution in [0, 0.1) is 0 Å². The van der Waals surface area contributed by atoms with Gasteiger partial charge in [0.25, 0.3) is 0 Å². The zero-order valence-electron chi connectivity index (χ0n) is 9.40. The standard InChI is InChI=1S/C14H13NO/c1-10(2)9-14(16)12-5-3-7-13-11(12)6-4-8-15-13/h3-9H,1-2H3. The highest BCUT2D eigenvalue weighted by molar-refractivity contribution is 6.13. The number of carbonyl (C=O) groups is 1. The van der Waals surface area contributed by atoms with Crippen molar-refractivity contribution >= 4 is 16.7 Å². The third-order valence-corrected chi connectivity index (χ3v) is 2.33. The maximum atomic E-state index is 12.0. The summed E-state index contributed by atoms with van der Waals surface area (Å²) in [4.78, 5) is 16.2. The van der Waals surface area contributed by atoms with Crippen LogP contribution in [0.1, 0.15) is 24.2 Å². The molecule has 0 N–H and O–H groups in total. The van der Waals surface area contributed by atoms with Crippen LogP contribution in [0.25, 0.3) is 10.9 Å². The molecule has 0 amide bonds. The summed E-state index contributed by atoms with van der Waals surface area (Å²) in [6.45, 7) is 3.84. The van der Waals surface area contributed by atoms with Gasteiger partial charge in [-0.05, 0) is 32.1 Å². The van der Waals surface area contributed by atoms with E-state index in [-0.39, 0.29) is 5.78 Å². The first-order valence-corrected chi connectivity index (χ1v) is 5.21. The summed E-state index contributed by atoms with van der Waals surface area (Å²) in [7, 11) is 0. The molecule has 16 heavy (non-hydrogen) atoms. The van der Waals surface area contributed by atoms with Crippen LogP contribution in [-0.4, -0.2) is 10.8 Å². The zero-order valence-corrected chi connectivity index (χ0v) is 9.40. The fourth-order valence-corrected chi connectivity index (χ4v) is 1.66. The topological polar surface area (TPSA) is 30.0 Å². The molecule has 0 aliphatic carbocycles. The van der Waals surface area contributed by atoms with Gasteiger partial charge >= 0.3 is 0 Å². The van der Waals surface area contributed by atoms with Gasteiger partial charge in [-0.25, -0.2) is 0 Å². The minimum absolute atomic E-state index is 0.0404. The van der Waals surface area contributed by atoms with Gasteiger partial charge < -0.3 is 0 Å². The van der Waals surface area contributed by atoms with Crippen molar-refractivity contribution in [2.24, 2.45) is 0 Å². The smallest absolute Gasteiger partial charge is 0.186 e. The normalized spacial score (nSPS) is 10.1. The van der Waals surface area contributed by atoms with Crippen molar-refractivity contribution in [1.82, 2.24) is 4.98 Å². The van der Waals surface area contributed by atoms with Gasteiger partial charge in [-0.3, -0.25) is 9.78 Å². The Kier molecular flexibility index (Phi) is 2.82. The molecule has 1 aromatic carbocycles. The summed E-state index contributed by atoms with van der Waals surface area (Å²) in [5.41, 5.74) is 2.58. The average molecular weight is 211 g/mol. The van der Waals surface area contributed by atoms with Crippen molar-refractivity contribution in [1.29, 1.82) is 0 Å². The Bertz CT molecular complexity index is 560. The van der Waals surface area contributed by atoms with Crippen molar-refractivity contribution in [2.75, 3.05) is 0 Å². The predicted molar refractivity (Wildman–Crippen MR) is 65.5 cm³/mol. The largest absolute Gasteiger partial charge is 0.289 e. The maximum absolute atomic E-state index is 12.0. The second-order valence-corrected chi connectivity index (χ2v) is 3.96. The van der Waals surface area contributed by atoms with Crippen molar-refractivity contribution in [3.63, 3.8) is 0 Å².